The first kappa shape index (κ1) is 25.4. The fourth-order valence-corrected chi connectivity index (χ4v) is 4.49. The Labute approximate surface area is 221 Å². The Morgan fingerprint density at radius 1 is 0.972 bits per heavy atom. The van der Waals surface area contributed by atoms with E-state index >= 15 is 0 Å². The van der Waals surface area contributed by atoms with Gasteiger partial charge in [0, 0.05) is 17.0 Å². The minimum atomic E-state index is -0.896. The van der Waals surface area contributed by atoms with E-state index in [0.29, 0.717) is 20.8 Å². The molecule has 3 amide bonds. The number of carbonyl (C=O) groups excluding carboxylic acids is 2. The van der Waals surface area contributed by atoms with Crippen LogP contribution in [0.5, 0.6) is 5.75 Å². The van der Waals surface area contributed by atoms with Gasteiger partial charge in [-0.05, 0) is 48.0 Å². The van der Waals surface area contributed by atoms with E-state index in [2.05, 4.69) is 26.1 Å². The van der Waals surface area contributed by atoms with Crippen LogP contribution in [0, 0.1) is 0 Å². The van der Waals surface area contributed by atoms with Crippen LogP contribution in [0.1, 0.15) is 5.56 Å². The number of ether oxygens (including phenoxy) is 1. The van der Waals surface area contributed by atoms with Crippen molar-refractivity contribution in [1.82, 2.24) is 15.5 Å². The Bertz CT molecular complexity index is 1350. The summed E-state index contributed by atoms with van der Waals surface area (Å²) in [4.78, 5) is 25.9. The summed E-state index contributed by atoms with van der Waals surface area (Å²) in [5.74, 6) is 0.290. The van der Waals surface area contributed by atoms with Crippen molar-refractivity contribution in [3.8, 4) is 16.3 Å². The predicted molar refractivity (Wildman–Crippen MR) is 143 cm³/mol. The summed E-state index contributed by atoms with van der Waals surface area (Å²) in [6, 6.07) is 19.9. The normalized spacial score (nSPS) is 11.4. The molecular formula is C25H21Cl2N5O3S. The van der Waals surface area contributed by atoms with Crippen molar-refractivity contribution in [3.05, 3.63) is 88.4 Å². The molecule has 4 rings (SSSR count). The molecule has 0 aliphatic rings. The highest BCUT2D eigenvalue weighted by molar-refractivity contribution is 7.18. The molecule has 0 aliphatic carbocycles. The summed E-state index contributed by atoms with van der Waals surface area (Å²) in [7, 11) is 1.60. The molecule has 0 radical (unpaired) electrons. The second-order valence-electron chi connectivity index (χ2n) is 7.60. The Morgan fingerprint density at radius 3 is 2.42 bits per heavy atom. The zero-order chi connectivity index (χ0) is 25.5. The standard InChI is InChI=1S/C25H21Cl2N5O3S/c1-35-18-10-7-16(8-11-18)23-31-32-25(36-23)30-22(33)21(13-15-5-3-2-4-6-15)29-24(34)28-20-12-9-17(26)14-19(20)27/h2-12,14,21H,13H2,1H3,(H2,28,29,34)(H,30,32,33). The number of anilines is 2. The van der Waals surface area contributed by atoms with Crippen LogP contribution in [-0.4, -0.2) is 35.3 Å². The van der Waals surface area contributed by atoms with Crippen LogP contribution in [0.4, 0.5) is 15.6 Å². The number of amides is 3. The van der Waals surface area contributed by atoms with Gasteiger partial charge in [-0.15, -0.1) is 10.2 Å². The number of hydrogen-bond donors (Lipinski definition) is 3. The molecule has 184 valence electrons. The maximum Gasteiger partial charge on any atom is 0.319 e. The number of nitrogens with zero attached hydrogens (tertiary/aromatic N) is 2. The third-order valence-corrected chi connectivity index (χ3v) is 6.51. The second-order valence-corrected chi connectivity index (χ2v) is 9.42. The van der Waals surface area contributed by atoms with Crippen LogP contribution >= 0.6 is 34.5 Å². The fraction of sp³-hybridized carbons (Fsp3) is 0.120. The molecule has 1 aromatic heterocycles. The molecule has 0 fully saturated rings. The summed E-state index contributed by atoms with van der Waals surface area (Å²) >= 11 is 13.3. The molecule has 11 heteroatoms. The summed E-state index contributed by atoms with van der Waals surface area (Å²) in [6.07, 6.45) is 0.262. The number of halogens is 2. The van der Waals surface area contributed by atoms with Crippen LogP contribution < -0.4 is 20.7 Å². The van der Waals surface area contributed by atoms with Crippen molar-refractivity contribution in [2.24, 2.45) is 0 Å². The number of methoxy groups -OCH3 is 1. The van der Waals surface area contributed by atoms with E-state index in [4.69, 9.17) is 27.9 Å². The maximum atomic E-state index is 13.2. The van der Waals surface area contributed by atoms with Crippen molar-refractivity contribution in [3.63, 3.8) is 0 Å². The van der Waals surface area contributed by atoms with Gasteiger partial charge < -0.3 is 15.4 Å². The number of rotatable bonds is 8. The van der Waals surface area contributed by atoms with E-state index in [-0.39, 0.29) is 11.4 Å². The van der Waals surface area contributed by atoms with Crippen molar-refractivity contribution in [2.45, 2.75) is 12.5 Å². The van der Waals surface area contributed by atoms with E-state index in [1.165, 1.54) is 17.4 Å². The van der Waals surface area contributed by atoms with Crippen LogP contribution in [0.25, 0.3) is 10.6 Å². The first-order valence-corrected chi connectivity index (χ1v) is 12.3. The van der Waals surface area contributed by atoms with Gasteiger partial charge >= 0.3 is 6.03 Å². The molecule has 0 bridgehead atoms. The Morgan fingerprint density at radius 2 is 1.72 bits per heavy atom. The molecule has 0 saturated heterocycles. The molecule has 3 N–H and O–H groups in total. The van der Waals surface area contributed by atoms with Crippen LogP contribution in [0.2, 0.25) is 10.0 Å². The quantitative estimate of drug-likeness (QED) is 0.258. The molecule has 0 saturated carbocycles. The highest BCUT2D eigenvalue weighted by Crippen LogP contribution is 2.28. The van der Waals surface area contributed by atoms with E-state index in [1.807, 2.05) is 54.6 Å². The van der Waals surface area contributed by atoms with Gasteiger partial charge in [-0.3, -0.25) is 10.1 Å². The number of carbonyl (C=O) groups is 2. The Kier molecular flexibility index (Phi) is 8.37. The number of nitrogens with one attached hydrogen (secondary N) is 3. The molecular weight excluding hydrogens is 521 g/mol. The van der Waals surface area contributed by atoms with Crippen molar-refractivity contribution in [2.75, 3.05) is 17.7 Å². The lowest BCUT2D eigenvalue weighted by molar-refractivity contribution is -0.117. The average molecular weight is 542 g/mol. The zero-order valence-electron chi connectivity index (χ0n) is 19.0. The van der Waals surface area contributed by atoms with Gasteiger partial charge in [-0.25, -0.2) is 4.79 Å². The number of urea groups is 1. The summed E-state index contributed by atoms with van der Waals surface area (Å²) < 4.78 is 5.18. The van der Waals surface area contributed by atoms with Gasteiger partial charge in [0.15, 0.2) is 0 Å². The molecule has 36 heavy (non-hydrogen) atoms. The fourth-order valence-electron chi connectivity index (χ4n) is 3.28. The van der Waals surface area contributed by atoms with E-state index in [9.17, 15) is 9.59 Å². The Balaban J connectivity index is 1.47. The maximum absolute atomic E-state index is 13.2. The van der Waals surface area contributed by atoms with E-state index < -0.39 is 18.0 Å². The first-order chi connectivity index (χ1) is 17.4. The first-order valence-electron chi connectivity index (χ1n) is 10.8. The van der Waals surface area contributed by atoms with Gasteiger partial charge in [0.25, 0.3) is 0 Å². The van der Waals surface area contributed by atoms with E-state index in [1.54, 1.807) is 19.2 Å². The van der Waals surface area contributed by atoms with E-state index in [0.717, 1.165) is 16.9 Å². The summed E-state index contributed by atoms with van der Waals surface area (Å²) in [5, 5.41) is 18.0. The van der Waals surface area contributed by atoms with Crippen LogP contribution in [0.15, 0.2) is 72.8 Å². The summed E-state index contributed by atoms with van der Waals surface area (Å²) in [5.41, 5.74) is 2.08. The molecule has 4 aromatic rings. The third kappa shape index (κ3) is 6.72. The van der Waals surface area contributed by atoms with Crippen molar-refractivity contribution >= 4 is 57.3 Å². The molecule has 0 spiro atoms. The number of aromatic nitrogens is 2. The average Bonchev–Trinajstić information content (AvgIpc) is 3.34. The third-order valence-electron chi connectivity index (χ3n) is 5.08. The monoisotopic (exact) mass is 541 g/mol. The predicted octanol–water partition coefficient (Wildman–Crippen LogP) is 5.89. The van der Waals surface area contributed by atoms with Crippen LogP contribution in [0.3, 0.4) is 0 Å². The molecule has 1 unspecified atom stereocenters. The number of hydrogen-bond acceptors (Lipinski definition) is 6. The minimum Gasteiger partial charge on any atom is -0.497 e. The number of benzene rings is 3. The topological polar surface area (TPSA) is 105 Å². The van der Waals surface area contributed by atoms with Crippen molar-refractivity contribution in [1.29, 1.82) is 0 Å². The lowest BCUT2D eigenvalue weighted by Crippen LogP contribution is -2.47. The minimum absolute atomic E-state index is 0.262. The second kappa shape index (κ2) is 11.9. The smallest absolute Gasteiger partial charge is 0.319 e. The van der Waals surface area contributed by atoms with Crippen molar-refractivity contribution < 1.29 is 14.3 Å². The summed E-state index contributed by atoms with van der Waals surface area (Å²) in [6.45, 7) is 0. The zero-order valence-corrected chi connectivity index (χ0v) is 21.3. The highest BCUT2D eigenvalue weighted by Gasteiger charge is 2.23. The largest absolute Gasteiger partial charge is 0.497 e. The molecule has 1 heterocycles. The van der Waals surface area contributed by atoms with Gasteiger partial charge in [-0.2, -0.15) is 0 Å². The lowest BCUT2D eigenvalue weighted by atomic mass is 10.1. The Hall–Kier alpha value is -3.66. The van der Waals surface area contributed by atoms with Gasteiger partial charge in [0.1, 0.15) is 16.8 Å². The van der Waals surface area contributed by atoms with Crippen LogP contribution in [-0.2, 0) is 11.2 Å². The lowest BCUT2D eigenvalue weighted by Gasteiger charge is -2.18. The highest BCUT2D eigenvalue weighted by atomic mass is 35.5. The molecule has 8 nitrogen and oxygen atoms in total. The van der Waals surface area contributed by atoms with Gasteiger partial charge in [-0.1, -0.05) is 64.9 Å². The molecule has 3 aromatic carbocycles. The SMILES string of the molecule is COc1ccc(-c2nnc(NC(=O)C(Cc3ccccc3)NC(=O)Nc3ccc(Cl)cc3Cl)s2)cc1. The van der Waals surface area contributed by atoms with Gasteiger partial charge in [0.05, 0.1) is 17.8 Å². The molecule has 1 atom stereocenters. The van der Waals surface area contributed by atoms with Gasteiger partial charge in [0.2, 0.25) is 11.0 Å². The molecule has 0 aliphatic heterocycles.